The lowest BCUT2D eigenvalue weighted by atomic mass is 10.1. The molecule has 1 unspecified atom stereocenters. The van der Waals surface area contributed by atoms with E-state index in [1.54, 1.807) is 23.4 Å². The summed E-state index contributed by atoms with van der Waals surface area (Å²) in [7, 11) is 0. The number of aromatic nitrogens is 1. The van der Waals surface area contributed by atoms with E-state index in [-0.39, 0.29) is 12.1 Å². The molecule has 1 aliphatic rings. The summed E-state index contributed by atoms with van der Waals surface area (Å²) in [6.07, 6.45) is 3.02. The first-order valence-corrected chi connectivity index (χ1v) is 8.26. The lowest BCUT2D eigenvalue weighted by Crippen LogP contribution is -2.32. The Morgan fingerprint density at radius 3 is 2.84 bits per heavy atom. The average molecular weight is 333 g/mol. The van der Waals surface area contributed by atoms with Gasteiger partial charge in [0.2, 0.25) is 0 Å². The quantitative estimate of drug-likeness (QED) is 0.782. The van der Waals surface area contributed by atoms with E-state index in [0.29, 0.717) is 12.1 Å². The standard InChI is InChI=1S/C20H19N3O2/c1-13-6-3-9-17(14(13)2)22-19-18-16(8-4-10-21-18)20(24)23(19)12-15-7-5-11-25-15/h3-11,19,22H,12H2,1-2H3. The maximum atomic E-state index is 12.9. The zero-order valence-electron chi connectivity index (χ0n) is 14.2. The van der Waals surface area contributed by atoms with E-state index in [1.807, 2.05) is 30.3 Å². The van der Waals surface area contributed by atoms with E-state index in [4.69, 9.17) is 4.42 Å². The van der Waals surface area contributed by atoms with Crippen LogP contribution in [0.15, 0.2) is 59.3 Å². The molecule has 1 aliphatic heterocycles. The Hall–Kier alpha value is -3.08. The number of hydrogen-bond acceptors (Lipinski definition) is 4. The summed E-state index contributed by atoms with van der Waals surface area (Å²) < 4.78 is 5.44. The van der Waals surface area contributed by atoms with Crippen molar-refractivity contribution in [2.45, 2.75) is 26.6 Å². The highest BCUT2D eigenvalue weighted by Crippen LogP contribution is 2.35. The largest absolute Gasteiger partial charge is 0.467 e. The molecule has 5 heteroatoms. The molecule has 0 spiro atoms. The van der Waals surface area contributed by atoms with Crippen molar-refractivity contribution in [1.82, 2.24) is 9.88 Å². The number of benzene rings is 1. The first kappa shape index (κ1) is 15.4. The van der Waals surface area contributed by atoms with Crippen molar-refractivity contribution >= 4 is 11.6 Å². The Kier molecular flexibility index (Phi) is 3.76. The number of aryl methyl sites for hydroxylation is 1. The van der Waals surface area contributed by atoms with Gasteiger partial charge >= 0.3 is 0 Å². The number of fused-ring (bicyclic) bond motifs is 1. The maximum Gasteiger partial charge on any atom is 0.258 e. The second-order valence-electron chi connectivity index (χ2n) is 6.24. The first-order chi connectivity index (χ1) is 12.1. The molecule has 3 aromatic rings. The second-order valence-corrected chi connectivity index (χ2v) is 6.24. The molecule has 4 rings (SSSR count). The Bertz CT molecular complexity index is 918. The van der Waals surface area contributed by atoms with Crippen molar-refractivity contribution in [2.24, 2.45) is 0 Å². The third-order valence-electron chi connectivity index (χ3n) is 4.70. The van der Waals surface area contributed by atoms with E-state index in [0.717, 1.165) is 22.7 Å². The number of rotatable bonds is 4. The van der Waals surface area contributed by atoms with Gasteiger partial charge in [0.15, 0.2) is 0 Å². The van der Waals surface area contributed by atoms with Crippen LogP contribution in [0.5, 0.6) is 0 Å². The highest BCUT2D eigenvalue weighted by Gasteiger charge is 2.38. The summed E-state index contributed by atoms with van der Waals surface area (Å²) in [6, 6.07) is 13.4. The minimum Gasteiger partial charge on any atom is -0.467 e. The molecule has 5 nitrogen and oxygen atoms in total. The van der Waals surface area contributed by atoms with E-state index in [1.165, 1.54) is 5.56 Å². The summed E-state index contributed by atoms with van der Waals surface area (Å²) in [5.74, 6) is 0.705. The third kappa shape index (κ3) is 2.67. The van der Waals surface area contributed by atoms with Gasteiger partial charge in [0.05, 0.1) is 24.1 Å². The number of furan rings is 1. The van der Waals surface area contributed by atoms with Gasteiger partial charge in [0.1, 0.15) is 11.9 Å². The molecule has 0 bridgehead atoms. The third-order valence-corrected chi connectivity index (χ3v) is 4.70. The van der Waals surface area contributed by atoms with Crippen LogP contribution in [0.4, 0.5) is 5.69 Å². The van der Waals surface area contributed by atoms with Gasteiger partial charge in [-0.3, -0.25) is 9.78 Å². The van der Waals surface area contributed by atoms with E-state index >= 15 is 0 Å². The number of carbonyl (C=O) groups excluding carboxylic acids is 1. The summed E-state index contributed by atoms with van der Waals surface area (Å²) in [5, 5.41) is 3.50. The van der Waals surface area contributed by atoms with Gasteiger partial charge in [-0.2, -0.15) is 0 Å². The normalized spacial score (nSPS) is 16.2. The second kappa shape index (κ2) is 6.09. The molecule has 1 atom stereocenters. The fourth-order valence-corrected chi connectivity index (χ4v) is 3.17. The SMILES string of the molecule is Cc1cccc(NC2c3ncccc3C(=O)N2Cc2ccco2)c1C. The Balaban J connectivity index is 1.73. The topological polar surface area (TPSA) is 58.4 Å². The highest BCUT2D eigenvalue weighted by molar-refractivity contribution is 5.98. The van der Waals surface area contributed by atoms with Crippen molar-refractivity contribution in [1.29, 1.82) is 0 Å². The predicted molar refractivity (Wildman–Crippen MR) is 95.1 cm³/mol. The number of anilines is 1. The molecule has 0 radical (unpaired) electrons. The summed E-state index contributed by atoms with van der Waals surface area (Å²) in [6.45, 7) is 4.54. The molecule has 0 saturated heterocycles. The zero-order chi connectivity index (χ0) is 17.4. The van der Waals surface area contributed by atoms with E-state index < -0.39 is 0 Å². The molecular formula is C20H19N3O2. The fourth-order valence-electron chi connectivity index (χ4n) is 3.17. The van der Waals surface area contributed by atoms with Crippen LogP contribution in [0, 0.1) is 13.8 Å². The predicted octanol–water partition coefficient (Wildman–Crippen LogP) is 4.06. The Labute approximate surface area is 146 Å². The number of hydrogen-bond donors (Lipinski definition) is 1. The molecule has 1 aromatic carbocycles. The number of nitrogens with zero attached hydrogens (tertiary/aromatic N) is 2. The van der Waals surface area contributed by atoms with Gasteiger partial charge in [-0.1, -0.05) is 12.1 Å². The van der Waals surface area contributed by atoms with Crippen molar-refractivity contribution in [3.8, 4) is 0 Å². The molecule has 0 aliphatic carbocycles. The van der Waals surface area contributed by atoms with Gasteiger partial charge in [-0.25, -0.2) is 0 Å². The average Bonchev–Trinajstić information content (AvgIpc) is 3.22. The minimum atomic E-state index is -0.325. The molecule has 0 saturated carbocycles. The number of carbonyl (C=O) groups is 1. The van der Waals surface area contributed by atoms with Gasteiger partial charge in [-0.15, -0.1) is 0 Å². The molecular weight excluding hydrogens is 314 g/mol. The molecule has 25 heavy (non-hydrogen) atoms. The monoisotopic (exact) mass is 333 g/mol. The van der Waals surface area contributed by atoms with E-state index in [9.17, 15) is 4.79 Å². The van der Waals surface area contributed by atoms with Crippen LogP contribution >= 0.6 is 0 Å². The molecule has 1 amide bonds. The van der Waals surface area contributed by atoms with Crippen LogP contribution in [-0.4, -0.2) is 15.8 Å². The molecule has 0 fully saturated rings. The lowest BCUT2D eigenvalue weighted by Gasteiger charge is -2.26. The van der Waals surface area contributed by atoms with Crippen molar-refractivity contribution < 1.29 is 9.21 Å². The van der Waals surface area contributed by atoms with Crippen LogP contribution in [-0.2, 0) is 6.54 Å². The Morgan fingerprint density at radius 2 is 2.04 bits per heavy atom. The summed E-state index contributed by atoms with van der Waals surface area (Å²) >= 11 is 0. The zero-order valence-corrected chi connectivity index (χ0v) is 14.2. The fraction of sp³-hybridized carbons (Fsp3) is 0.200. The van der Waals surface area contributed by atoms with Crippen LogP contribution in [0.2, 0.25) is 0 Å². The first-order valence-electron chi connectivity index (χ1n) is 8.26. The minimum absolute atomic E-state index is 0.0395. The van der Waals surface area contributed by atoms with Crippen LogP contribution in [0.1, 0.15) is 39.1 Å². The van der Waals surface area contributed by atoms with Crippen molar-refractivity contribution in [2.75, 3.05) is 5.32 Å². The highest BCUT2D eigenvalue weighted by atomic mass is 16.3. The van der Waals surface area contributed by atoms with Crippen LogP contribution in [0.25, 0.3) is 0 Å². The number of pyridine rings is 1. The molecule has 126 valence electrons. The Morgan fingerprint density at radius 1 is 1.16 bits per heavy atom. The van der Waals surface area contributed by atoms with Crippen LogP contribution in [0.3, 0.4) is 0 Å². The molecule has 3 heterocycles. The van der Waals surface area contributed by atoms with E-state index in [2.05, 4.69) is 30.2 Å². The van der Waals surface area contributed by atoms with Crippen molar-refractivity contribution in [3.05, 3.63) is 83.1 Å². The van der Waals surface area contributed by atoms with Crippen LogP contribution < -0.4 is 5.32 Å². The van der Waals surface area contributed by atoms with Crippen molar-refractivity contribution in [3.63, 3.8) is 0 Å². The van der Waals surface area contributed by atoms with Gasteiger partial charge in [0, 0.05) is 11.9 Å². The lowest BCUT2D eigenvalue weighted by molar-refractivity contribution is 0.0714. The summed E-state index contributed by atoms with van der Waals surface area (Å²) in [4.78, 5) is 19.1. The number of nitrogens with one attached hydrogen (secondary N) is 1. The smallest absolute Gasteiger partial charge is 0.258 e. The van der Waals surface area contributed by atoms with Gasteiger partial charge in [-0.05, 0) is 55.3 Å². The molecule has 2 aromatic heterocycles. The number of amides is 1. The summed E-state index contributed by atoms with van der Waals surface area (Å²) in [5.41, 5.74) is 4.75. The van der Waals surface area contributed by atoms with Gasteiger partial charge < -0.3 is 14.6 Å². The molecule has 1 N–H and O–H groups in total. The van der Waals surface area contributed by atoms with Gasteiger partial charge in [0.25, 0.3) is 5.91 Å². The maximum absolute atomic E-state index is 12.9.